The molecule has 2 heterocycles. The topological polar surface area (TPSA) is 94.8 Å². The zero-order valence-electron chi connectivity index (χ0n) is 11.4. The maximum absolute atomic E-state index is 12.2. The highest BCUT2D eigenvalue weighted by molar-refractivity contribution is 6.04. The number of aryl methyl sites for hydroxylation is 2. The lowest BCUT2D eigenvalue weighted by atomic mass is 9.95. The second-order valence-electron chi connectivity index (χ2n) is 5.09. The molecule has 1 aliphatic rings. The Labute approximate surface area is 120 Å². The van der Waals surface area contributed by atoms with Crippen LogP contribution in [0, 0.1) is 0 Å². The summed E-state index contributed by atoms with van der Waals surface area (Å²) >= 11 is 0. The number of aromatic amines is 2. The van der Waals surface area contributed by atoms with E-state index in [0.29, 0.717) is 0 Å². The van der Waals surface area contributed by atoms with Gasteiger partial charge in [-0.15, -0.1) is 0 Å². The molecule has 2 aromatic rings. The summed E-state index contributed by atoms with van der Waals surface area (Å²) < 4.78 is 0. The minimum atomic E-state index is -0.568. The highest BCUT2D eigenvalue weighted by atomic mass is 16.2. The molecule has 2 aromatic heterocycles. The molecule has 1 aliphatic carbocycles. The minimum absolute atomic E-state index is 0.0407. The van der Waals surface area contributed by atoms with Crippen LogP contribution in [0.25, 0.3) is 0 Å². The van der Waals surface area contributed by atoms with Gasteiger partial charge in [-0.2, -0.15) is 0 Å². The number of pyridine rings is 2. The van der Waals surface area contributed by atoms with Gasteiger partial charge in [0.1, 0.15) is 11.3 Å². The first-order chi connectivity index (χ1) is 10.1. The molecule has 1 amide bonds. The Morgan fingerprint density at radius 3 is 2.76 bits per heavy atom. The molecule has 0 fully saturated rings. The first-order valence-electron chi connectivity index (χ1n) is 6.89. The predicted octanol–water partition coefficient (Wildman–Crippen LogP) is 1.19. The Hall–Kier alpha value is -2.63. The van der Waals surface area contributed by atoms with Crippen molar-refractivity contribution < 1.29 is 4.79 Å². The quantitative estimate of drug-likeness (QED) is 0.773. The van der Waals surface area contributed by atoms with E-state index in [9.17, 15) is 14.4 Å². The number of H-pyrrole nitrogens is 2. The normalized spacial score (nSPS) is 13.5. The fraction of sp³-hybridized carbons (Fsp3) is 0.267. The number of carbonyl (C=O) groups excluding carboxylic acids is 1. The lowest BCUT2D eigenvalue weighted by molar-refractivity contribution is 0.102. The molecule has 0 spiro atoms. The number of aromatic nitrogens is 2. The fourth-order valence-electron chi connectivity index (χ4n) is 2.55. The van der Waals surface area contributed by atoms with Crippen molar-refractivity contribution in [2.75, 3.05) is 5.32 Å². The summed E-state index contributed by atoms with van der Waals surface area (Å²) in [5, 5.41) is 2.47. The first-order valence-corrected chi connectivity index (χ1v) is 6.89. The van der Waals surface area contributed by atoms with Gasteiger partial charge in [-0.25, -0.2) is 0 Å². The van der Waals surface area contributed by atoms with Crippen LogP contribution in [0.4, 0.5) is 5.69 Å². The van der Waals surface area contributed by atoms with Crippen LogP contribution < -0.4 is 16.4 Å². The van der Waals surface area contributed by atoms with Gasteiger partial charge in [-0.05, 0) is 49.4 Å². The number of rotatable bonds is 2. The zero-order chi connectivity index (χ0) is 14.8. The molecular formula is C15H15N3O3. The van der Waals surface area contributed by atoms with Crippen molar-refractivity contribution in [3.63, 3.8) is 0 Å². The van der Waals surface area contributed by atoms with E-state index in [2.05, 4.69) is 15.3 Å². The molecule has 108 valence electrons. The molecule has 6 heteroatoms. The second kappa shape index (κ2) is 5.40. The van der Waals surface area contributed by atoms with Gasteiger partial charge < -0.3 is 15.3 Å². The molecule has 3 N–H and O–H groups in total. The van der Waals surface area contributed by atoms with Gasteiger partial charge in [0.05, 0.1) is 0 Å². The van der Waals surface area contributed by atoms with E-state index in [4.69, 9.17) is 0 Å². The molecule has 0 saturated carbocycles. The Morgan fingerprint density at radius 1 is 1.14 bits per heavy atom. The van der Waals surface area contributed by atoms with Crippen molar-refractivity contribution in [3.8, 4) is 0 Å². The van der Waals surface area contributed by atoms with Crippen molar-refractivity contribution in [3.05, 3.63) is 61.9 Å². The van der Waals surface area contributed by atoms with E-state index in [1.165, 1.54) is 12.3 Å². The summed E-state index contributed by atoms with van der Waals surface area (Å²) in [7, 11) is 0. The Balaban J connectivity index is 1.93. The van der Waals surface area contributed by atoms with Crippen LogP contribution >= 0.6 is 0 Å². The third-order valence-electron chi connectivity index (χ3n) is 3.65. The fourth-order valence-corrected chi connectivity index (χ4v) is 2.55. The van der Waals surface area contributed by atoms with Gasteiger partial charge in [0.25, 0.3) is 17.0 Å². The van der Waals surface area contributed by atoms with Crippen LogP contribution in [0.3, 0.4) is 0 Å². The van der Waals surface area contributed by atoms with Gasteiger partial charge in [0.2, 0.25) is 0 Å². The SMILES string of the molecule is O=C(Nc1ccc[nH]c1=O)c1cc2c([nH]c1=O)CCCC2. The molecule has 0 aliphatic heterocycles. The summed E-state index contributed by atoms with van der Waals surface area (Å²) in [6.07, 6.45) is 5.28. The smallest absolute Gasteiger partial charge is 0.271 e. The molecule has 0 bridgehead atoms. The lowest BCUT2D eigenvalue weighted by Gasteiger charge is -2.15. The summed E-state index contributed by atoms with van der Waals surface area (Å²) in [6.45, 7) is 0. The second-order valence-corrected chi connectivity index (χ2v) is 5.09. The Morgan fingerprint density at radius 2 is 1.95 bits per heavy atom. The Bertz CT molecular complexity index is 804. The van der Waals surface area contributed by atoms with Crippen molar-refractivity contribution in [2.24, 2.45) is 0 Å². The molecule has 0 unspecified atom stereocenters. The van der Waals surface area contributed by atoms with Crippen LogP contribution in [0.1, 0.15) is 34.5 Å². The van der Waals surface area contributed by atoms with E-state index in [1.54, 1.807) is 12.1 Å². The summed E-state index contributed by atoms with van der Waals surface area (Å²) in [5.41, 5.74) is 1.27. The van der Waals surface area contributed by atoms with E-state index in [1.807, 2.05) is 0 Å². The van der Waals surface area contributed by atoms with Crippen LogP contribution in [-0.2, 0) is 12.8 Å². The minimum Gasteiger partial charge on any atom is -0.327 e. The molecular weight excluding hydrogens is 270 g/mol. The maximum Gasteiger partial charge on any atom is 0.271 e. The molecule has 0 atom stereocenters. The van der Waals surface area contributed by atoms with Crippen LogP contribution in [0.2, 0.25) is 0 Å². The summed E-state index contributed by atoms with van der Waals surface area (Å²) in [4.78, 5) is 41.0. The van der Waals surface area contributed by atoms with Gasteiger partial charge in [0, 0.05) is 11.9 Å². The third kappa shape index (κ3) is 2.65. The van der Waals surface area contributed by atoms with Crippen molar-refractivity contribution in [2.45, 2.75) is 25.7 Å². The molecule has 0 saturated heterocycles. The van der Waals surface area contributed by atoms with E-state index in [-0.39, 0.29) is 11.3 Å². The third-order valence-corrected chi connectivity index (χ3v) is 3.65. The van der Waals surface area contributed by atoms with Gasteiger partial charge >= 0.3 is 0 Å². The van der Waals surface area contributed by atoms with Crippen LogP contribution in [0.15, 0.2) is 34.0 Å². The van der Waals surface area contributed by atoms with Gasteiger partial charge in [-0.3, -0.25) is 14.4 Å². The summed E-state index contributed by atoms with van der Waals surface area (Å²) in [6, 6.07) is 4.73. The molecule has 3 rings (SSSR count). The van der Waals surface area contributed by atoms with Crippen LogP contribution in [-0.4, -0.2) is 15.9 Å². The predicted molar refractivity (Wildman–Crippen MR) is 78.7 cm³/mol. The monoisotopic (exact) mass is 285 g/mol. The van der Waals surface area contributed by atoms with Crippen molar-refractivity contribution >= 4 is 11.6 Å². The number of hydrogen-bond acceptors (Lipinski definition) is 3. The van der Waals surface area contributed by atoms with Gasteiger partial charge in [0.15, 0.2) is 0 Å². The summed E-state index contributed by atoms with van der Waals surface area (Å²) in [5.74, 6) is -0.568. The number of carbonyl (C=O) groups is 1. The molecule has 0 aromatic carbocycles. The number of nitrogens with one attached hydrogen (secondary N) is 3. The van der Waals surface area contributed by atoms with Crippen molar-refractivity contribution in [1.29, 1.82) is 0 Å². The standard InChI is InChI=1S/C15H15N3O3/c19-13-10(8-9-4-1-2-5-11(9)17-13)14(20)18-12-6-3-7-16-15(12)21/h3,6-8H,1-2,4-5H2,(H,16,21)(H,17,19)(H,18,20). The maximum atomic E-state index is 12.2. The highest BCUT2D eigenvalue weighted by Crippen LogP contribution is 2.18. The average molecular weight is 285 g/mol. The largest absolute Gasteiger partial charge is 0.327 e. The zero-order valence-corrected chi connectivity index (χ0v) is 11.4. The van der Waals surface area contributed by atoms with E-state index in [0.717, 1.165) is 36.9 Å². The molecule has 21 heavy (non-hydrogen) atoms. The lowest BCUT2D eigenvalue weighted by Crippen LogP contribution is -2.27. The first kappa shape index (κ1) is 13.4. The molecule has 6 nitrogen and oxygen atoms in total. The van der Waals surface area contributed by atoms with E-state index < -0.39 is 17.0 Å². The number of amides is 1. The van der Waals surface area contributed by atoms with Crippen LogP contribution in [0.5, 0.6) is 0 Å². The molecule has 0 radical (unpaired) electrons. The number of anilines is 1. The Kier molecular flexibility index (Phi) is 3.43. The van der Waals surface area contributed by atoms with Crippen molar-refractivity contribution in [1.82, 2.24) is 9.97 Å². The average Bonchev–Trinajstić information content (AvgIpc) is 2.49. The number of fused-ring (bicyclic) bond motifs is 1. The number of hydrogen-bond donors (Lipinski definition) is 3. The highest BCUT2D eigenvalue weighted by Gasteiger charge is 2.17. The van der Waals surface area contributed by atoms with Gasteiger partial charge in [-0.1, -0.05) is 0 Å². The van der Waals surface area contributed by atoms with E-state index >= 15 is 0 Å².